The minimum atomic E-state index is -0.306. The van der Waals surface area contributed by atoms with E-state index in [1.165, 1.54) is 0 Å². The Labute approximate surface area is 74.4 Å². The standard InChI is InChI=1S/C5H12O2.C4H8O/c1-5(2,3-6)4-7;1-4(2)3-5/h6-7H,3-4H2,1-2H3;3,5H,1-2H3. The molecule has 3 N–H and O–H groups in total. The van der Waals surface area contributed by atoms with Crippen molar-refractivity contribution in [2.24, 2.45) is 5.41 Å². The first-order valence-electron chi connectivity index (χ1n) is 3.89. The Morgan fingerprint density at radius 3 is 1.42 bits per heavy atom. The topological polar surface area (TPSA) is 60.7 Å². The van der Waals surface area contributed by atoms with E-state index in [1.54, 1.807) is 13.8 Å². The van der Waals surface area contributed by atoms with Gasteiger partial charge in [0.05, 0.1) is 19.5 Å². The van der Waals surface area contributed by atoms with Crippen molar-refractivity contribution in [1.29, 1.82) is 0 Å². The molecule has 3 heteroatoms. The summed E-state index contributed by atoms with van der Waals surface area (Å²) in [5.74, 6) is 0. The molecule has 0 bridgehead atoms. The molecule has 0 aromatic rings. The van der Waals surface area contributed by atoms with E-state index in [4.69, 9.17) is 15.3 Å². The van der Waals surface area contributed by atoms with Gasteiger partial charge in [-0.2, -0.15) is 0 Å². The molecule has 0 unspecified atom stereocenters. The average molecular weight is 176 g/mol. The molecule has 0 amide bonds. The molecule has 0 spiro atoms. The summed E-state index contributed by atoms with van der Waals surface area (Å²) in [5, 5.41) is 24.8. The van der Waals surface area contributed by atoms with E-state index in [0.29, 0.717) is 0 Å². The van der Waals surface area contributed by atoms with Crippen LogP contribution in [0.3, 0.4) is 0 Å². The van der Waals surface area contributed by atoms with Gasteiger partial charge in [0.25, 0.3) is 0 Å². The van der Waals surface area contributed by atoms with Crippen LogP contribution in [0.4, 0.5) is 0 Å². The number of hydrogen-bond donors (Lipinski definition) is 3. The molecule has 0 fully saturated rings. The van der Waals surface area contributed by atoms with E-state index in [1.807, 2.05) is 13.8 Å². The van der Waals surface area contributed by atoms with Crippen molar-refractivity contribution in [3.8, 4) is 0 Å². The summed E-state index contributed by atoms with van der Waals surface area (Å²) in [5.41, 5.74) is 0.630. The molecule has 0 aliphatic carbocycles. The van der Waals surface area contributed by atoms with Gasteiger partial charge >= 0.3 is 0 Å². The van der Waals surface area contributed by atoms with Gasteiger partial charge in [0.2, 0.25) is 0 Å². The molecular weight excluding hydrogens is 156 g/mol. The zero-order chi connectivity index (χ0) is 10.2. The van der Waals surface area contributed by atoms with Crippen LogP contribution >= 0.6 is 0 Å². The Morgan fingerprint density at radius 2 is 1.42 bits per heavy atom. The molecule has 0 rings (SSSR count). The van der Waals surface area contributed by atoms with E-state index in [2.05, 4.69) is 0 Å². The average Bonchev–Trinajstić information content (AvgIpc) is 2.05. The van der Waals surface area contributed by atoms with Gasteiger partial charge in [0.1, 0.15) is 0 Å². The fourth-order valence-electron chi connectivity index (χ4n) is 0.0500. The summed E-state index contributed by atoms with van der Waals surface area (Å²) in [7, 11) is 0. The van der Waals surface area contributed by atoms with Crippen LogP contribution in [0.25, 0.3) is 0 Å². The second-order valence-corrected chi connectivity index (χ2v) is 3.69. The van der Waals surface area contributed by atoms with Crippen LogP contribution in [0.2, 0.25) is 0 Å². The highest BCUT2D eigenvalue weighted by molar-refractivity contribution is 4.84. The first-order valence-corrected chi connectivity index (χ1v) is 3.89. The maximum Gasteiger partial charge on any atom is 0.0778 e. The van der Waals surface area contributed by atoms with E-state index in [-0.39, 0.29) is 18.6 Å². The number of aliphatic hydroxyl groups excluding tert-OH is 3. The Kier molecular flexibility index (Phi) is 8.32. The van der Waals surface area contributed by atoms with Crippen molar-refractivity contribution in [3.63, 3.8) is 0 Å². The molecule has 0 aliphatic rings. The number of rotatable bonds is 2. The van der Waals surface area contributed by atoms with E-state index < -0.39 is 0 Å². The lowest BCUT2D eigenvalue weighted by Gasteiger charge is -2.16. The quantitative estimate of drug-likeness (QED) is 0.558. The second-order valence-electron chi connectivity index (χ2n) is 3.69. The van der Waals surface area contributed by atoms with Gasteiger partial charge in [-0.1, -0.05) is 13.8 Å². The van der Waals surface area contributed by atoms with Crippen molar-refractivity contribution >= 4 is 0 Å². The molecule has 0 aromatic carbocycles. The minimum Gasteiger partial charge on any atom is -0.516 e. The SMILES string of the molecule is CC(C)(CO)CO.CC(C)=CO. The Hall–Kier alpha value is -0.540. The third-order valence-electron chi connectivity index (χ3n) is 1.11. The summed E-state index contributed by atoms with van der Waals surface area (Å²) in [6, 6.07) is 0. The van der Waals surface area contributed by atoms with Gasteiger partial charge in [-0.15, -0.1) is 0 Å². The Bertz CT molecular complexity index is 118. The van der Waals surface area contributed by atoms with Crippen molar-refractivity contribution in [3.05, 3.63) is 11.8 Å². The van der Waals surface area contributed by atoms with Crippen molar-refractivity contribution in [1.82, 2.24) is 0 Å². The molecule has 0 saturated heterocycles. The normalized spacial score (nSPS) is 9.83. The van der Waals surface area contributed by atoms with E-state index in [9.17, 15) is 0 Å². The van der Waals surface area contributed by atoms with Gasteiger partial charge in [-0.3, -0.25) is 0 Å². The fourth-order valence-corrected chi connectivity index (χ4v) is 0.0500. The first kappa shape index (κ1) is 14.0. The molecular formula is C9H20O3. The van der Waals surface area contributed by atoms with Crippen LogP contribution < -0.4 is 0 Å². The summed E-state index contributed by atoms with van der Waals surface area (Å²) in [6.07, 6.45) is 1.08. The van der Waals surface area contributed by atoms with Crippen molar-refractivity contribution < 1.29 is 15.3 Å². The number of aliphatic hydroxyl groups is 3. The molecule has 0 atom stereocenters. The summed E-state index contributed by atoms with van der Waals surface area (Å²) in [4.78, 5) is 0. The number of hydrogen-bond acceptors (Lipinski definition) is 3. The zero-order valence-corrected chi connectivity index (χ0v) is 8.33. The lowest BCUT2D eigenvalue weighted by molar-refractivity contribution is 0.0857. The Balaban J connectivity index is 0. The lowest BCUT2D eigenvalue weighted by Crippen LogP contribution is -2.20. The van der Waals surface area contributed by atoms with Gasteiger partial charge in [0, 0.05) is 5.41 Å². The van der Waals surface area contributed by atoms with Gasteiger partial charge < -0.3 is 15.3 Å². The summed E-state index contributed by atoms with van der Waals surface area (Å²) in [6.45, 7) is 7.35. The predicted octanol–water partition coefficient (Wildman–Crippen LogP) is 1.47. The van der Waals surface area contributed by atoms with Crippen molar-refractivity contribution in [2.75, 3.05) is 13.2 Å². The van der Waals surface area contributed by atoms with Crippen LogP contribution in [0.1, 0.15) is 27.7 Å². The molecule has 74 valence electrons. The maximum atomic E-state index is 8.43. The summed E-state index contributed by atoms with van der Waals surface area (Å²) < 4.78 is 0. The third-order valence-corrected chi connectivity index (χ3v) is 1.11. The molecule has 0 radical (unpaired) electrons. The zero-order valence-electron chi connectivity index (χ0n) is 8.33. The minimum absolute atomic E-state index is 0.0451. The number of allylic oxidation sites excluding steroid dienone is 1. The fraction of sp³-hybridized carbons (Fsp3) is 0.778. The lowest BCUT2D eigenvalue weighted by atomic mass is 9.97. The van der Waals surface area contributed by atoms with Crippen LogP contribution in [0.15, 0.2) is 11.8 Å². The molecule has 0 heterocycles. The highest BCUT2D eigenvalue weighted by atomic mass is 16.3. The summed E-state index contributed by atoms with van der Waals surface area (Å²) >= 11 is 0. The monoisotopic (exact) mass is 176 g/mol. The highest BCUT2D eigenvalue weighted by Crippen LogP contribution is 2.10. The van der Waals surface area contributed by atoms with Gasteiger partial charge in [-0.05, 0) is 19.4 Å². The largest absolute Gasteiger partial charge is 0.516 e. The molecule has 12 heavy (non-hydrogen) atoms. The van der Waals surface area contributed by atoms with Crippen LogP contribution in [0.5, 0.6) is 0 Å². The second kappa shape index (κ2) is 7.13. The molecule has 0 aromatic heterocycles. The van der Waals surface area contributed by atoms with Gasteiger partial charge in [-0.25, -0.2) is 0 Å². The smallest absolute Gasteiger partial charge is 0.0778 e. The molecule has 0 aliphatic heterocycles. The maximum absolute atomic E-state index is 8.43. The van der Waals surface area contributed by atoms with E-state index >= 15 is 0 Å². The van der Waals surface area contributed by atoms with Crippen molar-refractivity contribution in [2.45, 2.75) is 27.7 Å². The van der Waals surface area contributed by atoms with Gasteiger partial charge in [0.15, 0.2) is 0 Å². The Morgan fingerprint density at radius 1 is 1.17 bits per heavy atom. The molecule has 0 saturated carbocycles. The predicted molar refractivity (Wildman–Crippen MR) is 50.0 cm³/mol. The first-order chi connectivity index (χ1) is 5.39. The van der Waals surface area contributed by atoms with Crippen LogP contribution in [-0.4, -0.2) is 28.5 Å². The van der Waals surface area contributed by atoms with Crippen LogP contribution in [0, 0.1) is 5.41 Å². The molecule has 3 nitrogen and oxygen atoms in total. The van der Waals surface area contributed by atoms with E-state index in [0.717, 1.165) is 11.8 Å². The highest BCUT2D eigenvalue weighted by Gasteiger charge is 2.13. The third kappa shape index (κ3) is 12.2. The van der Waals surface area contributed by atoms with Crippen LogP contribution in [-0.2, 0) is 0 Å².